The number of benzene rings is 3. The number of nitrogens with zero attached hydrogens (tertiary/aromatic N) is 4. The topological polar surface area (TPSA) is 142 Å². The Morgan fingerprint density at radius 1 is 0.870 bits per heavy atom. The molecule has 6 rings (SSSR count). The molecule has 0 radical (unpaired) electrons. The molecule has 4 aromatic rings. The first-order valence-electron chi connectivity index (χ1n) is 17.5. The second-order valence-electron chi connectivity index (χ2n) is 12.5. The number of aliphatic imine (C=N–C) groups is 1. The van der Waals surface area contributed by atoms with Crippen LogP contribution in [0.3, 0.4) is 0 Å². The first-order valence-corrected chi connectivity index (χ1v) is 17.5. The van der Waals surface area contributed by atoms with Gasteiger partial charge in [0.1, 0.15) is 24.3 Å². The van der Waals surface area contributed by atoms with Crippen LogP contribution in [-0.4, -0.2) is 67.1 Å². The number of carbonyl (C=O) groups excluding carboxylic acids is 2. The number of rotatable bonds is 14. The molecule has 1 fully saturated rings. The summed E-state index contributed by atoms with van der Waals surface area (Å²) < 4.78 is 67.1. The van der Waals surface area contributed by atoms with Gasteiger partial charge in [-0.3, -0.25) is 14.6 Å². The second kappa shape index (κ2) is 17.1. The van der Waals surface area contributed by atoms with Crippen molar-refractivity contribution in [2.45, 2.75) is 39.4 Å². The molecule has 14 heteroatoms. The minimum absolute atomic E-state index is 0.0697. The van der Waals surface area contributed by atoms with Crippen molar-refractivity contribution >= 4 is 17.8 Å². The Labute approximate surface area is 310 Å². The molecule has 12 nitrogen and oxygen atoms in total. The lowest BCUT2D eigenvalue weighted by Gasteiger charge is -2.19. The van der Waals surface area contributed by atoms with Crippen LogP contribution in [0.4, 0.5) is 8.78 Å². The number of aromatic nitrogens is 1. The smallest absolute Gasteiger partial charge is 0.309 e. The standard InChI is InChI=1S/C40H38F2N4O8/c1-4-49-39(47)29-20-28(21-30(29)40(48)50-5-2)52-35-33(41)37(53-27-13-9-12-26(19-27)36-44-16-17-46(36)3)45-38(34(35)42)54-32-18-25(22-43)14-15-31(32)51-23-24-10-7-6-8-11-24/h6-15,18-19,28-30H,4-5,16-17,20-21,23H2,1-3H3. The molecule has 3 aromatic carbocycles. The summed E-state index contributed by atoms with van der Waals surface area (Å²) in [6.45, 7) is 4.86. The van der Waals surface area contributed by atoms with E-state index in [0.29, 0.717) is 12.1 Å². The van der Waals surface area contributed by atoms with E-state index in [4.69, 9.17) is 28.4 Å². The number of ether oxygens (including phenoxy) is 6. The molecule has 2 atom stereocenters. The minimum Gasteiger partial charge on any atom is -0.485 e. The zero-order valence-electron chi connectivity index (χ0n) is 29.9. The van der Waals surface area contributed by atoms with E-state index in [1.165, 1.54) is 18.2 Å². The Bertz CT molecular complexity index is 2050. The number of hydrogen-bond donors (Lipinski definition) is 0. The number of amidine groups is 1. The highest BCUT2D eigenvalue weighted by molar-refractivity contribution is 5.99. The largest absolute Gasteiger partial charge is 0.485 e. The number of carbonyl (C=O) groups is 2. The molecule has 0 spiro atoms. The molecule has 2 heterocycles. The summed E-state index contributed by atoms with van der Waals surface area (Å²) in [4.78, 5) is 36.3. The first kappa shape index (κ1) is 37.5. The van der Waals surface area contributed by atoms with Crippen molar-refractivity contribution in [2.75, 3.05) is 33.4 Å². The third-order valence-electron chi connectivity index (χ3n) is 8.84. The normalized spacial score (nSPS) is 17.7. The Balaban J connectivity index is 1.37. The van der Waals surface area contributed by atoms with Crippen molar-refractivity contribution in [3.8, 4) is 40.8 Å². The maximum absolute atomic E-state index is 16.5. The molecule has 280 valence electrons. The number of pyridine rings is 1. The molecular formula is C40H38F2N4O8. The number of nitriles is 1. The van der Waals surface area contributed by atoms with Crippen LogP contribution >= 0.6 is 0 Å². The maximum Gasteiger partial charge on any atom is 0.309 e. The quantitative estimate of drug-likeness (QED) is 0.124. The van der Waals surface area contributed by atoms with Gasteiger partial charge in [0.25, 0.3) is 11.8 Å². The van der Waals surface area contributed by atoms with Gasteiger partial charge in [-0.2, -0.15) is 19.0 Å². The zero-order valence-corrected chi connectivity index (χ0v) is 29.9. The Hall–Kier alpha value is -6.23. The van der Waals surface area contributed by atoms with E-state index in [2.05, 4.69) is 9.98 Å². The summed E-state index contributed by atoms with van der Waals surface area (Å²) in [6, 6.07) is 22.3. The second-order valence-corrected chi connectivity index (χ2v) is 12.5. The third kappa shape index (κ3) is 8.52. The monoisotopic (exact) mass is 740 g/mol. The lowest BCUT2D eigenvalue weighted by molar-refractivity contribution is -0.158. The average Bonchev–Trinajstić information content (AvgIpc) is 3.82. The SMILES string of the molecule is CCOC(=O)C1CC(Oc2c(F)c(Oc3cccc(C4=NCCN4C)c3)nc(Oc3cc(C#N)ccc3OCc3ccccc3)c2F)CC1C(=O)OCC. The van der Waals surface area contributed by atoms with Crippen LogP contribution in [0.15, 0.2) is 77.8 Å². The van der Waals surface area contributed by atoms with Crippen molar-refractivity contribution in [1.82, 2.24) is 9.88 Å². The molecule has 1 aliphatic heterocycles. The number of halogens is 2. The Kier molecular flexibility index (Phi) is 11.9. The van der Waals surface area contributed by atoms with Gasteiger partial charge < -0.3 is 33.3 Å². The van der Waals surface area contributed by atoms with Gasteiger partial charge in [0.15, 0.2) is 11.5 Å². The molecule has 0 amide bonds. The third-order valence-corrected chi connectivity index (χ3v) is 8.84. The number of esters is 2. The minimum atomic E-state index is -1.33. The van der Waals surface area contributed by atoms with E-state index < -0.39 is 59.0 Å². The Morgan fingerprint density at radius 3 is 2.19 bits per heavy atom. The fourth-order valence-electron chi connectivity index (χ4n) is 6.26. The molecule has 2 unspecified atom stereocenters. The molecule has 1 saturated carbocycles. The van der Waals surface area contributed by atoms with E-state index in [1.54, 1.807) is 32.0 Å². The van der Waals surface area contributed by atoms with E-state index >= 15 is 8.78 Å². The van der Waals surface area contributed by atoms with Gasteiger partial charge in [0.05, 0.1) is 43.2 Å². The van der Waals surface area contributed by atoms with E-state index in [9.17, 15) is 14.9 Å². The average molecular weight is 741 g/mol. The fourth-order valence-corrected chi connectivity index (χ4v) is 6.26. The van der Waals surface area contributed by atoms with Gasteiger partial charge in [0.2, 0.25) is 17.4 Å². The Morgan fingerprint density at radius 2 is 1.56 bits per heavy atom. The number of likely N-dealkylation sites (N-methyl/N-ethyl adjacent to an activating group) is 1. The van der Waals surface area contributed by atoms with Gasteiger partial charge in [0, 0.05) is 25.2 Å². The lowest BCUT2D eigenvalue weighted by Crippen LogP contribution is -2.28. The summed E-state index contributed by atoms with van der Waals surface area (Å²) >= 11 is 0. The first-order chi connectivity index (χ1) is 26.2. The van der Waals surface area contributed by atoms with Gasteiger partial charge in [-0.05, 0) is 56.5 Å². The summed E-state index contributed by atoms with van der Waals surface area (Å²) in [5, 5.41) is 9.63. The zero-order chi connectivity index (χ0) is 38.2. The highest BCUT2D eigenvalue weighted by atomic mass is 19.1. The van der Waals surface area contributed by atoms with Gasteiger partial charge in [-0.1, -0.05) is 42.5 Å². The molecule has 2 aliphatic rings. The highest BCUT2D eigenvalue weighted by Gasteiger charge is 2.46. The molecule has 1 aromatic heterocycles. The van der Waals surface area contributed by atoms with Gasteiger partial charge in [-0.15, -0.1) is 0 Å². The lowest BCUT2D eigenvalue weighted by atomic mass is 9.96. The van der Waals surface area contributed by atoms with Crippen molar-refractivity contribution < 1.29 is 46.8 Å². The van der Waals surface area contributed by atoms with E-state index in [-0.39, 0.29) is 55.5 Å². The van der Waals surface area contributed by atoms with Crippen molar-refractivity contribution in [1.29, 1.82) is 5.26 Å². The van der Waals surface area contributed by atoms with Crippen molar-refractivity contribution in [2.24, 2.45) is 16.8 Å². The molecular weight excluding hydrogens is 702 g/mol. The molecule has 0 bridgehead atoms. The van der Waals surface area contributed by atoms with Crippen LogP contribution < -0.4 is 18.9 Å². The van der Waals surface area contributed by atoms with Crippen LogP contribution in [0.2, 0.25) is 0 Å². The van der Waals surface area contributed by atoms with Gasteiger partial charge >= 0.3 is 11.9 Å². The van der Waals surface area contributed by atoms with Crippen molar-refractivity contribution in [3.63, 3.8) is 0 Å². The predicted molar refractivity (Wildman–Crippen MR) is 191 cm³/mol. The van der Waals surface area contributed by atoms with Gasteiger partial charge in [-0.25, -0.2) is 0 Å². The van der Waals surface area contributed by atoms with E-state index in [1.807, 2.05) is 54.4 Å². The molecule has 0 saturated heterocycles. The summed E-state index contributed by atoms with van der Waals surface area (Å²) in [6.07, 6.45) is -1.20. The van der Waals surface area contributed by atoms with Crippen LogP contribution in [0.1, 0.15) is 43.4 Å². The van der Waals surface area contributed by atoms with Crippen molar-refractivity contribution in [3.05, 3.63) is 101 Å². The van der Waals surface area contributed by atoms with E-state index in [0.717, 1.165) is 17.9 Å². The predicted octanol–water partition coefficient (Wildman–Crippen LogP) is 6.99. The van der Waals surface area contributed by atoms with Crippen LogP contribution in [0.5, 0.6) is 34.8 Å². The maximum atomic E-state index is 16.5. The molecule has 0 N–H and O–H groups in total. The molecule has 1 aliphatic carbocycles. The summed E-state index contributed by atoms with van der Waals surface area (Å²) in [5.41, 5.74) is 1.71. The fraction of sp³-hybridized carbons (Fsp3) is 0.325. The summed E-state index contributed by atoms with van der Waals surface area (Å²) in [7, 11) is 1.90. The van der Waals surface area contributed by atoms with Crippen LogP contribution in [-0.2, 0) is 25.7 Å². The highest BCUT2D eigenvalue weighted by Crippen LogP contribution is 2.43. The summed E-state index contributed by atoms with van der Waals surface area (Å²) in [5.74, 6) is -7.27. The number of hydrogen-bond acceptors (Lipinski definition) is 12. The molecule has 54 heavy (non-hydrogen) atoms. The van der Waals surface area contributed by atoms with Crippen LogP contribution in [0.25, 0.3) is 0 Å². The van der Waals surface area contributed by atoms with Crippen LogP contribution in [0, 0.1) is 34.8 Å².